The van der Waals surface area contributed by atoms with E-state index in [0.29, 0.717) is 11.1 Å². The van der Waals surface area contributed by atoms with Crippen LogP contribution in [0.15, 0.2) is 66.7 Å². The van der Waals surface area contributed by atoms with E-state index in [1.165, 1.54) is 50.2 Å². The van der Waals surface area contributed by atoms with Gasteiger partial charge in [-0.25, -0.2) is 4.79 Å². The Bertz CT molecular complexity index is 1310. The minimum Gasteiger partial charge on any atom is -0.482 e. The summed E-state index contributed by atoms with van der Waals surface area (Å²) in [6, 6.07) is 16.6. The standard InChI is InChI=1S/C27H24F3NO5/c1-16(21-13-18(25(33)35-3)9-11-20(21)17-7-5-4-6-8-17)26(34,27(28,29)30)19-10-12-23-22(14-19)31(2)24(32)15-36-23/h4-14,16,34H,15H2,1-3H3. The molecule has 6 nitrogen and oxygen atoms in total. The number of amides is 1. The second kappa shape index (κ2) is 9.31. The predicted octanol–water partition coefficient (Wildman–Crippen LogP) is 5.05. The van der Waals surface area contributed by atoms with Gasteiger partial charge in [0, 0.05) is 13.0 Å². The molecule has 3 aromatic carbocycles. The number of nitrogens with zero attached hydrogens (tertiary/aromatic N) is 1. The summed E-state index contributed by atoms with van der Waals surface area (Å²) < 4.78 is 54.3. The topological polar surface area (TPSA) is 76.1 Å². The van der Waals surface area contributed by atoms with E-state index in [1.54, 1.807) is 30.3 Å². The summed E-state index contributed by atoms with van der Waals surface area (Å²) in [5.41, 5.74) is -2.53. The van der Waals surface area contributed by atoms with Gasteiger partial charge in [0.25, 0.3) is 5.91 Å². The van der Waals surface area contributed by atoms with E-state index in [2.05, 4.69) is 0 Å². The van der Waals surface area contributed by atoms with Crippen molar-refractivity contribution < 1.29 is 37.3 Å². The summed E-state index contributed by atoms with van der Waals surface area (Å²) in [5.74, 6) is -2.48. The number of alkyl halides is 3. The van der Waals surface area contributed by atoms with Crippen LogP contribution in [0.5, 0.6) is 5.75 Å². The molecule has 36 heavy (non-hydrogen) atoms. The van der Waals surface area contributed by atoms with E-state index < -0.39 is 35.1 Å². The molecule has 0 bridgehead atoms. The maximum Gasteiger partial charge on any atom is 0.422 e. The summed E-state index contributed by atoms with van der Waals surface area (Å²) >= 11 is 0. The molecule has 1 aliphatic rings. The maximum absolute atomic E-state index is 14.7. The Kier molecular flexibility index (Phi) is 6.53. The van der Waals surface area contributed by atoms with Crippen LogP contribution in [0.1, 0.15) is 34.3 Å². The van der Waals surface area contributed by atoms with Crippen LogP contribution in [-0.4, -0.2) is 43.9 Å². The molecule has 0 spiro atoms. The lowest BCUT2D eigenvalue weighted by molar-refractivity contribution is -0.274. The Balaban J connectivity index is 1.93. The fraction of sp³-hybridized carbons (Fsp3) is 0.259. The number of carbonyl (C=O) groups is 2. The van der Waals surface area contributed by atoms with E-state index in [0.717, 1.165) is 12.1 Å². The molecule has 188 valence electrons. The summed E-state index contributed by atoms with van der Waals surface area (Å²) in [6.07, 6.45) is -5.12. The molecule has 0 aliphatic carbocycles. The monoisotopic (exact) mass is 499 g/mol. The zero-order chi connectivity index (χ0) is 26.3. The highest BCUT2D eigenvalue weighted by molar-refractivity contribution is 5.97. The Hall–Kier alpha value is -3.85. The lowest BCUT2D eigenvalue weighted by Gasteiger charge is -2.38. The van der Waals surface area contributed by atoms with Gasteiger partial charge in [-0.3, -0.25) is 4.79 Å². The second-order valence-electron chi connectivity index (χ2n) is 8.57. The molecular weight excluding hydrogens is 475 g/mol. The molecule has 1 heterocycles. The van der Waals surface area contributed by atoms with Gasteiger partial charge < -0.3 is 19.5 Å². The van der Waals surface area contributed by atoms with Crippen LogP contribution in [0.4, 0.5) is 18.9 Å². The molecule has 2 unspecified atom stereocenters. The fourth-order valence-corrected chi connectivity index (χ4v) is 4.44. The second-order valence-corrected chi connectivity index (χ2v) is 8.57. The van der Waals surface area contributed by atoms with Gasteiger partial charge in [0.1, 0.15) is 5.75 Å². The van der Waals surface area contributed by atoms with Gasteiger partial charge in [-0.15, -0.1) is 0 Å². The van der Waals surface area contributed by atoms with Gasteiger partial charge in [0.05, 0.1) is 18.4 Å². The average molecular weight is 499 g/mol. The Morgan fingerprint density at radius 2 is 1.78 bits per heavy atom. The smallest absolute Gasteiger partial charge is 0.422 e. The first-order chi connectivity index (χ1) is 17.0. The van der Waals surface area contributed by atoms with Crippen molar-refractivity contribution in [3.8, 4) is 16.9 Å². The van der Waals surface area contributed by atoms with Crippen LogP contribution >= 0.6 is 0 Å². The number of rotatable bonds is 5. The molecule has 1 aliphatic heterocycles. The van der Waals surface area contributed by atoms with Gasteiger partial charge in [-0.2, -0.15) is 13.2 Å². The zero-order valence-electron chi connectivity index (χ0n) is 19.8. The van der Waals surface area contributed by atoms with Gasteiger partial charge >= 0.3 is 12.1 Å². The van der Waals surface area contributed by atoms with Crippen molar-refractivity contribution in [2.75, 3.05) is 25.7 Å². The van der Waals surface area contributed by atoms with Crippen molar-refractivity contribution in [3.05, 3.63) is 83.4 Å². The van der Waals surface area contributed by atoms with Crippen LogP contribution in [0, 0.1) is 0 Å². The molecule has 0 saturated carbocycles. The molecule has 1 amide bonds. The van der Waals surface area contributed by atoms with Crippen LogP contribution in [-0.2, 0) is 15.1 Å². The Morgan fingerprint density at radius 3 is 2.42 bits per heavy atom. The highest BCUT2D eigenvalue weighted by Gasteiger charge is 2.59. The van der Waals surface area contributed by atoms with Crippen LogP contribution < -0.4 is 9.64 Å². The molecule has 0 aromatic heterocycles. The summed E-state index contributed by atoms with van der Waals surface area (Å²) in [6.45, 7) is 1.02. The molecule has 0 fully saturated rings. The van der Waals surface area contributed by atoms with Gasteiger partial charge in [0.2, 0.25) is 0 Å². The first-order valence-electron chi connectivity index (χ1n) is 11.1. The number of aliphatic hydroxyl groups is 1. The summed E-state index contributed by atoms with van der Waals surface area (Å²) in [4.78, 5) is 25.5. The van der Waals surface area contributed by atoms with Gasteiger partial charge in [-0.05, 0) is 46.5 Å². The van der Waals surface area contributed by atoms with Gasteiger partial charge in [0.15, 0.2) is 12.2 Å². The lowest BCUT2D eigenvalue weighted by atomic mass is 9.75. The Labute approximate surface area is 205 Å². The number of benzene rings is 3. The van der Waals surface area contributed by atoms with Crippen molar-refractivity contribution in [2.45, 2.75) is 24.6 Å². The molecule has 0 saturated heterocycles. The molecule has 4 rings (SSSR count). The lowest BCUT2D eigenvalue weighted by Crippen LogP contribution is -2.47. The van der Waals surface area contributed by atoms with E-state index in [4.69, 9.17) is 9.47 Å². The average Bonchev–Trinajstić information content (AvgIpc) is 2.88. The normalized spacial score (nSPS) is 16.0. The third kappa shape index (κ3) is 4.19. The van der Waals surface area contributed by atoms with E-state index in [-0.39, 0.29) is 29.2 Å². The number of methoxy groups -OCH3 is 1. The highest BCUT2D eigenvalue weighted by Crippen LogP contribution is 2.51. The molecule has 0 radical (unpaired) electrons. The van der Waals surface area contributed by atoms with Gasteiger partial charge in [-0.1, -0.05) is 49.4 Å². The number of fused-ring (bicyclic) bond motifs is 1. The first kappa shape index (κ1) is 25.2. The number of esters is 1. The number of anilines is 1. The molecule has 9 heteroatoms. The highest BCUT2D eigenvalue weighted by atomic mass is 19.4. The zero-order valence-corrected chi connectivity index (χ0v) is 19.8. The van der Waals surface area contributed by atoms with Crippen LogP contribution in [0.25, 0.3) is 11.1 Å². The predicted molar refractivity (Wildman–Crippen MR) is 127 cm³/mol. The minimum atomic E-state index is -5.12. The molecular formula is C27H24F3NO5. The first-order valence-corrected chi connectivity index (χ1v) is 11.1. The summed E-state index contributed by atoms with van der Waals surface area (Å²) in [7, 11) is 2.60. The number of hydrogen-bond donors (Lipinski definition) is 1. The maximum atomic E-state index is 14.7. The number of hydrogen-bond acceptors (Lipinski definition) is 5. The van der Waals surface area contributed by atoms with Crippen molar-refractivity contribution in [1.82, 2.24) is 0 Å². The molecule has 1 N–H and O–H groups in total. The van der Waals surface area contributed by atoms with Crippen LogP contribution in [0.2, 0.25) is 0 Å². The number of ether oxygens (including phenoxy) is 2. The quantitative estimate of drug-likeness (QED) is 0.498. The third-order valence-corrected chi connectivity index (χ3v) is 6.57. The number of carbonyl (C=O) groups excluding carboxylic acids is 2. The largest absolute Gasteiger partial charge is 0.482 e. The van der Waals surface area contributed by atoms with Crippen molar-refractivity contribution in [1.29, 1.82) is 0 Å². The Morgan fingerprint density at radius 1 is 1.08 bits per heavy atom. The van der Waals surface area contributed by atoms with Crippen molar-refractivity contribution in [2.24, 2.45) is 0 Å². The fourth-order valence-electron chi connectivity index (χ4n) is 4.44. The SMILES string of the molecule is COC(=O)c1ccc(-c2ccccc2)c(C(C)C(O)(c2ccc3c(c2)N(C)C(=O)CO3)C(F)(F)F)c1. The summed E-state index contributed by atoms with van der Waals surface area (Å²) in [5, 5.41) is 11.5. The van der Waals surface area contributed by atoms with Crippen LogP contribution in [0.3, 0.4) is 0 Å². The van der Waals surface area contributed by atoms with E-state index >= 15 is 0 Å². The van der Waals surface area contributed by atoms with E-state index in [1.807, 2.05) is 0 Å². The molecule has 3 aromatic rings. The van der Waals surface area contributed by atoms with Crippen molar-refractivity contribution >= 4 is 17.6 Å². The minimum absolute atomic E-state index is 0.0488. The van der Waals surface area contributed by atoms with E-state index in [9.17, 15) is 27.9 Å². The number of likely N-dealkylation sites (N-methyl/N-ethyl adjacent to an activating group) is 1. The number of halogens is 3. The third-order valence-electron chi connectivity index (χ3n) is 6.57. The van der Waals surface area contributed by atoms with Crippen molar-refractivity contribution in [3.63, 3.8) is 0 Å². The molecule has 2 atom stereocenters.